The largest absolute Gasteiger partial charge is 0.391 e. The van der Waals surface area contributed by atoms with Gasteiger partial charge < -0.3 is 11.1 Å². The predicted molar refractivity (Wildman–Crippen MR) is 77.2 cm³/mol. The molecule has 18 heavy (non-hydrogen) atoms. The number of carbonyl (C=O) groups is 1. The highest BCUT2D eigenvalue weighted by Gasteiger charge is 2.42. The number of nitrogens with two attached hydrogens (primary N) is 1. The van der Waals surface area contributed by atoms with Crippen LogP contribution in [-0.2, 0) is 14.6 Å². The van der Waals surface area contributed by atoms with Gasteiger partial charge in [-0.15, -0.1) is 0 Å². The molecule has 0 aliphatic rings. The normalized spacial score (nSPS) is 13.2. The van der Waals surface area contributed by atoms with E-state index in [0.717, 1.165) is 6.26 Å². The van der Waals surface area contributed by atoms with E-state index >= 15 is 0 Å². The van der Waals surface area contributed by atoms with E-state index in [4.69, 9.17) is 18.0 Å². The van der Waals surface area contributed by atoms with Crippen molar-refractivity contribution in [3.63, 3.8) is 0 Å². The molecule has 0 aliphatic carbocycles. The Kier molecular flexibility index (Phi) is 5.31. The molecule has 0 saturated heterocycles. The minimum absolute atomic E-state index is 0.171. The van der Waals surface area contributed by atoms with Crippen molar-refractivity contribution in [3.05, 3.63) is 0 Å². The summed E-state index contributed by atoms with van der Waals surface area (Å²) in [6.45, 7) is 6.42. The number of hydrogen-bond donors (Lipinski definition) is 2. The fourth-order valence-corrected chi connectivity index (χ4v) is 2.10. The maximum atomic E-state index is 12.1. The fourth-order valence-electron chi connectivity index (χ4n) is 1.37. The first kappa shape index (κ1) is 17.3. The molecule has 0 fully saturated rings. The van der Waals surface area contributed by atoms with Crippen molar-refractivity contribution in [2.75, 3.05) is 6.26 Å². The molecule has 0 rings (SSSR count). The van der Waals surface area contributed by atoms with Crippen molar-refractivity contribution in [3.8, 4) is 0 Å². The van der Waals surface area contributed by atoms with E-state index in [1.807, 2.05) is 13.8 Å². The van der Waals surface area contributed by atoms with Crippen LogP contribution in [0.3, 0.4) is 0 Å². The van der Waals surface area contributed by atoms with E-state index in [1.54, 1.807) is 0 Å². The Morgan fingerprint density at radius 2 is 1.67 bits per heavy atom. The van der Waals surface area contributed by atoms with E-state index < -0.39 is 26.0 Å². The molecule has 3 N–H and O–H groups in total. The van der Waals surface area contributed by atoms with Crippen LogP contribution < -0.4 is 11.1 Å². The first-order valence-electron chi connectivity index (χ1n) is 5.76. The van der Waals surface area contributed by atoms with Gasteiger partial charge in [-0.2, -0.15) is 0 Å². The molecule has 0 bridgehead atoms. The summed E-state index contributed by atoms with van der Waals surface area (Å²) in [6, 6.07) is 0. The molecule has 0 atom stereocenters. The lowest BCUT2D eigenvalue weighted by atomic mass is 9.92. The standard InChI is InChI=1S/C11H22N2O3S2/c1-6-11(7-2,8(12)17)13-9(14)10(3,4)18(5,15)16/h6-7H2,1-5H3,(H2,12,17)(H,13,14). The van der Waals surface area contributed by atoms with Gasteiger partial charge in [0.1, 0.15) is 4.75 Å². The van der Waals surface area contributed by atoms with E-state index in [-0.39, 0.29) is 4.99 Å². The molecular weight excluding hydrogens is 272 g/mol. The zero-order chi connectivity index (χ0) is 14.8. The Labute approximate surface area is 114 Å². The monoisotopic (exact) mass is 294 g/mol. The van der Waals surface area contributed by atoms with E-state index in [2.05, 4.69) is 5.32 Å². The molecule has 5 nitrogen and oxygen atoms in total. The summed E-state index contributed by atoms with van der Waals surface area (Å²) < 4.78 is 21.7. The van der Waals surface area contributed by atoms with Crippen LogP contribution in [0, 0.1) is 0 Å². The Bertz CT molecular complexity index is 437. The van der Waals surface area contributed by atoms with Crippen molar-refractivity contribution in [2.45, 2.75) is 50.8 Å². The number of carbonyl (C=O) groups excluding carboxylic acids is 1. The second kappa shape index (κ2) is 5.52. The highest BCUT2D eigenvalue weighted by atomic mass is 32.2. The molecule has 0 aliphatic heterocycles. The van der Waals surface area contributed by atoms with Gasteiger partial charge in [-0.1, -0.05) is 26.1 Å². The number of nitrogens with one attached hydrogen (secondary N) is 1. The van der Waals surface area contributed by atoms with Gasteiger partial charge in [-0.3, -0.25) is 4.79 Å². The third-order valence-electron chi connectivity index (χ3n) is 3.51. The van der Waals surface area contributed by atoms with Crippen molar-refractivity contribution >= 4 is 33.0 Å². The molecule has 106 valence electrons. The Balaban J connectivity index is 5.35. The van der Waals surface area contributed by atoms with Crippen LogP contribution in [0.5, 0.6) is 0 Å². The van der Waals surface area contributed by atoms with Gasteiger partial charge in [0.2, 0.25) is 5.91 Å². The number of amides is 1. The van der Waals surface area contributed by atoms with Crippen molar-refractivity contribution in [2.24, 2.45) is 5.73 Å². The minimum atomic E-state index is -3.51. The van der Waals surface area contributed by atoms with Crippen molar-refractivity contribution < 1.29 is 13.2 Å². The summed E-state index contributed by atoms with van der Waals surface area (Å²) in [5.41, 5.74) is 4.84. The second-order valence-electron chi connectivity index (χ2n) is 4.89. The fraction of sp³-hybridized carbons (Fsp3) is 0.818. The molecule has 0 saturated carbocycles. The summed E-state index contributed by atoms with van der Waals surface area (Å²) in [6.07, 6.45) is 2.07. The van der Waals surface area contributed by atoms with Crippen LogP contribution in [0.25, 0.3) is 0 Å². The summed E-state index contributed by atoms with van der Waals surface area (Å²) in [5, 5.41) is 2.69. The van der Waals surface area contributed by atoms with Crippen LogP contribution in [0.2, 0.25) is 0 Å². The quantitative estimate of drug-likeness (QED) is 0.706. The number of rotatable bonds is 6. The molecule has 0 aromatic carbocycles. The molecule has 0 spiro atoms. The van der Waals surface area contributed by atoms with Gasteiger partial charge in [-0.25, -0.2) is 8.42 Å². The van der Waals surface area contributed by atoms with Crippen molar-refractivity contribution in [1.82, 2.24) is 5.32 Å². The zero-order valence-electron chi connectivity index (χ0n) is 11.5. The molecule has 0 aromatic rings. The number of thiocarbonyl (C=S) groups is 1. The number of sulfone groups is 1. The van der Waals surface area contributed by atoms with Crippen molar-refractivity contribution in [1.29, 1.82) is 0 Å². The highest BCUT2D eigenvalue weighted by Crippen LogP contribution is 2.21. The van der Waals surface area contributed by atoms with Crippen LogP contribution in [0.1, 0.15) is 40.5 Å². The van der Waals surface area contributed by atoms with Gasteiger partial charge in [0.05, 0.1) is 10.5 Å². The van der Waals surface area contributed by atoms with Crippen LogP contribution in [0.4, 0.5) is 0 Å². The Morgan fingerprint density at radius 3 is 1.89 bits per heavy atom. The van der Waals surface area contributed by atoms with E-state index in [9.17, 15) is 13.2 Å². The third-order valence-corrected chi connectivity index (χ3v) is 5.94. The van der Waals surface area contributed by atoms with Gasteiger partial charge in [0.15, 0.2) is 9.84 Å². The minimum Gasteiger partial charge on any atom is -0.391 e. The second-order valence-corrected chi connectivity index (χ2v) is 7.89. The third kappa shape index (κ3) is 3.20. The zero-order valence-corrected chi connectivity index (χ0v) is 13.2. The molecule has 0 unspecified atom stereocenters. The highest BCUT2D eigenvalue weighted by molar-refractivity contribution is 7.92. The first-order valence-corrected chi connectivity index (χ1v) is 8.06. The predicted octanol–water partition coefficient (Wildman–Crippen LogP) is 0.771. The van der Waals surface area contributed by atoms with Gasteiger partial charge in [0.25, 0.3) is 0 Å². The van der Waals surface area contributed by atoms with Crippen LogP contribution in [-0.4, -0.2) is 35.9 Å². The molecular formula is C11H22N2O3S2. The SMILES string of the molecule is CCC(CC)(NC(=O)C(C)(C)S(C)(=O)=O)C(N)=S. The maximum Gasteiger partial charge on any atom is 0.241 e. The molecule has 0 heterocycles. The van der Waals surface area contributed by atoms with Crippen LogP contribution in [0.15, 0.2) is 0 Å². The Morgan fingerprint density at radius 1 is 1.28 bits per heavy atom. The topological polar surface area (TPSA) is 89.3 Å². The lowest BCUT2D eigenvalue weighted by Gasteiger charge is -2.35. The molecule has 0 aromatic heterocycles. The van der Waals surface area contributed by atoms with Crippen LogP contribution >= 0.6 is 12.2 Å². The molecule has 7 heteroatoms. The van der Waals surface area contributed by atoms with Gasteiger partial charge >= 0.3 is 0 Å². The first-order chi connectivity index (χ1) is 7.94. The molecule has 1 amide bonds. The van der Waals surface area contributed by atoms with Gasteiger partial charge in [-0.05, 0) is 26.7 Å². The lowest BCUT2D eigenvalue weighted by Crippen LogP contribution is -2.61. The Hall–Kier alpha value is -0.690. The number of hydrogen-bond acceptors (Lipinski definition) is 4. The van der Waals surface area contributed by atoms with Gasteiger partial charge in [0, 0.05) is 6.26 Å². The lowest BCUT2D eigenvalue weighted by molar-refractivity contribution is -0.124. The van der Waals surface area contributed by atoms with E-state index in [1.165, 1.54) is 13.8 Å². The average Bonchev–Trinajstić information content (AvgIpc) is 2.23. The summed E-state index contributed by atoms with van der Waals surface area (Å²) in [5.74, 6) is -0.582. The average molecular weight is 294 g/mol. The van der Waals surface area contributed by atoms with E-state index in [0.29, 0.717) is 12.8 Å². The summed E-state index contributed by atoms with van der Waals surface area (Å²) in [4.78, 5) is 12.3. The molecule has 0 radical (unpaired) electrons. The maximum absolute atomic E-state index is 12.1. The summed E-state index contributed by atoms with van der Waals surface area (Å²) >= 11 is 4.98. The summed E-state index contributed by atoms with van der Waals surface area (Å²) in [7, 11) is -3.51. The smallest absolute Gasteiger partial charge is 0.241 e.